The highest BCUT2D eigenvalue weighted by Gasteiger charge is 2.16. The lowest BCUT2D eigenvalue weighted by molar-refractivity contribution is -0.649. The Morgan fingerprint density at radius 1 is 1.21 bits per heavy atom. The van der Waals surface area contributed by atoms with E-state index < -0.39 is 0 Å². The predicted octanol–water partition coefficient (Wildman–Crippen LogP) is 2.92. The van der Waals surface area contributed by atoms with Crippen LogP contribution in [0.25, 0.3) is 0 Å². The summed E-state index contributed by atoms with van der Waals surface area (Å²) < 4.78 is 0. The molecule has 2 rings (SSSR count). The van der Waals surface area contributed by atoms with Crippen LogP contribution in [0.3, 0.4) is 0 Å². The molecule has 134 valence electrons. The molecule has 0 spiro atoms. The van der Waals surface area contributed by atoms with Crippen molar-refractivity contribution in [2.75, 3.05) is 36.4 Å². The van der Waals surface area contributed by atoms with Crippen LogP contribution in [0.4, 0.5) is 11.4 Å². The van der Waals surface area contributed by atoms with Crippen LogP contribution in [-0.4, -0.2) is 32.1 Å². The van der Waals surface area contributed by atoms with E-state index in [9.17, 15) is 4.79 Å². The second-order valence-electron chi connectivity index (χ2n) is 6.95. The first kappa shape index (κ1) is 18.8. The molecule has 0 bridgehead atoms. The monoisotopic (exact) mass is 332 g/mol. The normalized spacial score (nSPS) is 15.3. The van der Waals surface area contributed by atoms with Gasteiger partial charge in [-0.3, -0.25) is 4.79 Å². The average molecular weight is 333 g/mol. The maximum absolute atomic E-state index is 12.2. The van der Waals surface area contributed by atoms with E-state index in [1.54, 1.807) is 0 Å². The summed E-state index contributed by atoms with van der Waals surface area (Å²) in [5.41, 5.74) is 3.28. The van der Waals surface area contributed by atoms with Crippen molar-refractivity contribution < 1.29 is 10.1 Å². The van der Waals surface area contributed by atoms with Gasteiger partial charge >= 0.3 is 0 Å². The highest BCUT2D eigenvalue weighted by molar-refractivity contribution is 5.92. The fourth-order valence-electron chi connectivity index (χ4n) is 3.65. The molecule has 1 aliphatic carbocycles. The Bertz CT molecular complexity index is 520. The minimum absolute atomic E-state index is 0.101. The molecule has 0 aromatic heterocycles. The molecule has 4 heteroatoms. The van der Waals surface area contributed by atoms with E-state index >= 15 is 0 Å². The predicted molar refractivity (Wildman–Crippen MR) is 102 cm³/mol. The third-order valence-electron chi connectivity index (χ3n) is 5.17. The van der Waals surface area contributed by atoms with E-state index in [-0.39, 0.29) is 5.91 Å². The smallest absolute Gasteiger partial charge is 0.279 e. The maximum atomic E-state index is 12.2. The number of carbonyl (C=O) groups excluding carboxylic acids is 1. The number of hydrogen-bond donors (Lipinski definition) is 2. The molecule has 0 unspecified atom stereocenters. The molecule has 0 radical (unpaired) electrons. The molecule has 4 nitrogen and oxygen atoms in total. The van der Waals surface area contributed by atoms with E-state index in [4.69, 9.17) is 0 Å². The molecule has 1 aliphatic rings. The van der Waals surface area contributed by atoms with Gasteiger partial charge in [0.1, 0.15) is 0 Å². The van der Waals surface area contributed by atoms with Gasteiger partial charge in [-0.05, 0) is 57.4 Å². The Balaban J connectivity index is 1.80. The first-order valence-corrected chi connectivity index (χ1v) is 9.61. The number of amides is 1. The highest BCUT2D eigenvalue weighted by atomic mass is 16.1. The van der Waals surface area contributed by atoms with E-state index in [1.807, 2.05) is 6.07 Å². The van der Waals surface area contributed by atoms with Gasteiger partial charge < -0.3 is 15.5 Å². The first-order valence-electron chi connectivity index (χ1n) is 9.61. The van der Waals surface area contributed by atoms with Gasteiger partial charge in [0.05, 0.1) is 6.54 Å². The number of carbonyl (C=O) groups is 1. The molecular weight excluding hydrogens is 298 g/mol. The number of nitrogens with one attached hydrogen (secondary N) is 1. The lowest BCUT2D eigenvalue weighted by Gasteiger charge is -2.22. The van der Waals surface area contributed by atoms with Gasteiger partial charge in [0, 0.05) is 30.4 Å². The van der Waals surface area contributed by atoms with Crippen LogP contribution in [0, 0.1) is 12.8 Å². The standard InChI is InChI=1S/C20H33N3O/c1-4-23(5-2)18-11-12-19(16(3)13-18)22-20(24)15-21-14-17-9-7-6-8-10-17/h11-13,17,21H,4-10,14-15H2,1-3H3,(H,22,24)/p+1. The van der Waals surface area contributed by atoms with Crippen molar-refractivity contribution in [1.29, 1.82) is 0 Å². The number of hydrogen-bond acceptors (Lipinski definition) is 2. The number of nitrogens with zero attached hydrogens (tertiary/aromatic N) is 1. The summed E-state index contributed by atoms with van der Waals surface area (Å²) >= 11 is 0. The zero-order chi connectivity index (χ0) is 17.4. The summed E-state index contributed by atoms with van der Waals surface area (Å²) in [5.74, 6) is 0.908. The second kappa shape index (κ2) is 9.67. The Hall–Kier alpha value is -1.55. The topological polar surface area (TPSA) is 49.0 Å². The van der Waals surface area contributed by atoms with Gasteiger partial charge in [0.25, 0.3) is 5.91 Å². The van der Waals surface area contributed by atoms with Gasteiger partial charge in [-0.1, -0.05) is 19.3 Å². The zero-order valence-corrected chi connectivity index (χ0v) is 15.6. The van der Waals surface area contributed by atoms with E-state index in [1.165, 1.54) is 37.8 Å². The number of rotatable bonds is 8. The summed E-state index contributed by atoms with van der Waals surface area (Å²) in [5, 5.41) is 5.23. The van der Waals surface area contributed by atoms with Gasteiger partial charge in [0.2, 0.25) is 0 Å². The van der Waals surface area contributed by atoms with Crippen molar-refractivity contribution in [3.63, 3.8) is 0 Å². The fourth-order valence-corrected chi connectivity index (χ4v) is 3.65. The van der Waals surface area contributed by atoms with Crippen molar-refractivity contribution in [2.45, 2.75) is 52.9 Å². The summed E-state index contributed by atoms with van der Waals surface area (Å²) in [6, 6.07) is 6.29. The third kappa shape index (κ3) is 5.52. The Morgan fingerprint density at radius 3 is 2.54 bits per heavy atom. The van der Waals surface area contributed by atoms with Crippen LogP contribution < -0.4 is 15.5 Å². The minimum Gasteiger partial charge on any atom is -0.372 e. The van der Waals surface area contributed by atoms with E-state index in [0.717, 1.165) is 36.8 Å². The molecular formula is C20H34N3O+. The van der Waals surface area contributed by atoms with Crippen molar-refractivity contribution in [2.24, 2.45) is 5.92 Å². The van der Waals surface area contributed by atoms with E-state index in [2.05, 4.69) is 48.4 Å². The number of quaternary nitrogens is 1. The van der Waals surface area contributed by atoms with Crippen LogP contribution in [0.2, 0.25) is 0 Å². The number of anilines is 2. The zero-order valence-electron chi connectivity index (χ0n) is 15.6. The SMILES string of the molecule is CCN(CC)c1ccc(NC(=O)C[NH2+]CC2CCCCC2)c(C)c1. The molecule has 1 amide bonds. The lowest BCUT2D eigenvalue weighted by Crippen LogP contribution is -2.87. The number of nitrogens with two attached hydrogens (primary N) is 1. The highest BCUT2D eigenvalue weighted by Crippen LogP contribution is 2.23. The Labute approximate surface area is 147 Å². The van der Waals surface area contributed by atoms with Gasteiger partial charge in [-0.15, -0.1) is 0 Å². The van der Waals surface area contributed by atoms with Crippen LogP contribution >= 0.6 is 0 Å². The summed E-state index contributed by atoms with van der Waals surface area (Å²) in [6.45, 7) is 10.00. The minimum atomic E-state index is 0.101. The fraction of sp³-hybridized carbons (Fsp3) is 0.650. The van der Waals surface area contributed by atoms with Gasteiger partial charge in [-0.25, -0.2) is 0 Å². The molecule has 0 atom stereocenters. The first-order chi connectivity index (χ1) is 11.6. The van der Waals surface area contributed by atoms with Crippen molar-refractivity contribution in [3.8, 4) is 0 Å². The lowest BCUT2D eigenvalue weighted by atomic mass is 9.89. The number of benzene rings is 1. The molecule has 3 N–H and O–H groups in total. The van der Waals surface area contributed by atoms with Crippen LogP contribution in [0.1, 0.15) is 51.5 Å². The van der Waals surface area contributed by atoms with Gasteiger partial charge in [0.15, 0.2) is 6.54 Å². The molecule has 0 aliphatic heterocycles. The third-order valence-corrected chi connectivity index (χ3v) is 5.17. The molecule has 1 aromatic carbocycles. The quantitative estimate of drug-likeness (QED) is 0.769. The largest absolute Gasteiger partial charge is 0.372 e. The van der Waals surface area contributed by atoms with Crippen molar-refractivity contribution in [1.82, 2.24) is 0 Å². The van der Waals surface area contributed by atoms with Crippen LogP contribution in [0.5, 0.6) is 0 Å². The van der Waals surface area contributed by atoms with Crippen LogP contribution in [0.15, 0.2) is 18.2 Å². The van der Waals surface area contributed by atoms with Crippen molar-refractivity contribution in [3.05, 3.63) is 23.8 Å². The summed E-state index contributed by atoms with van der Waals surface area (Å²) in [4.78, 5) is 14.5. The van der Waals surface area contributed by atoms with Crippen molar-refractivity contribution >= 4 is 17.3 Å². The van der Waals surface area contributed by atoms with Gasteiger partial charge in [-0.2, -0.15) is 0 Å². The average Bonchev–Trinajstić information content (AvgIpc) is 2.59. The molecule has 1 aromatic rings. The molecule has 0 saturated heterocycles. The maximum Gasteiger partial charge on any atom is 0.279 e. The Morgan fingerprint density at radius 2 is 1.92 bits per heavy atom. The Kier molecular flexibility index (Phi) is 7.57. The summed E-state index contributed by atoms with van der Waals surface area (Å²) in [7, 11) is 0. The van der Waals surface area contributed by atoms with E-state index in [0.29, 0.717) is 6.54 Å². The molecule has 24 heavy (non-hydrogen) atoms. The second-order valence-corrected chi connectivity index (χ2v) is 6.95. The molecule has 1 fully saturated rings. The molecule has 1 saturated carbocycles. The number of aryl methyl sites for hydroxylation is 1. The van der Waals surface area contributed by atoms with Crippen LogP contribution in [-0.2, 0) is 4.79 Å². The summed E-state index contributed by atoms with van der Waals surface area (Å²) in [6.07, 6.45) is 6.79. The molecule has 0 heterocycles.